The lowest BCUT2D eigenvalue weighted by Gasteiger charge is -2.29. The van der Waals surface area contributed by atoms with Gasteiger partial charge in [-0.15, -0.1) is 24.0 Å². The highest BCUT2D eigenvalue weighted by Crippen LogP contribution is 2.32. The van der Waals surface area contributed by atoms with Crippen LogP contribution in [0, 0.1) is 11.3 Å². The summed E-state index contributed by atoms with van der Waals surface area (Å²) in [6.45, 7) is 8.81. The monoisotopic (exact) mass is 468 g/mol. The van der Waals surface area contributed by atoms with E-state index >= 15 is 0 Å². The molecule has 0 aromatic heterocycles. The van der Waals surface area contributed by atoms with Gasteiger partial charge in [0.25, 0.3) is 0 Å². The predicted molar refractivity (Wildman–Crippen MR) is 114 cm³/mol. The number of rotatable bonds is 8. The molecule has 0 amide bonds. The van der Waals surface area contributed by atoms with Crippen LogP contribution in [-0.2, 0) is 4.74 Å². The first-order chi connectivity index (χ1) is 11.7. The number of ether oxygens (including phenoxy) is 1. The van der Waals surface area contributed by atoms with Crippen molar-refractivity contribution < 1.29 is 9.84 Å². The highest BCUT2D eigenvalue weighted by molar-refractivity contribution is 14.0. The van der Waals surface area contributed by atoms with Crippen molar-refractivity contribution in [3.8, 4) is 0 Å². The number of hydrogen-bond donors (Lipinski definition) is 3. The molecule has 7 heteroatoms. The van der Waals surface area contributed by atoms with Gasteiger partial charge in [0.2, 0.25) is 0 Å². The van der Waals surface area contributed by atoms with Gasteiger partial charge >= 0.3 is 0 Å². The first kappa shape index (κ1) is 22.9. The van der Waals surface area contributed by atoms with Gasteiger partial charge in [0.05, 0.1) is 13.2 Å². The molecule has 1 atom stereocenters. The first-order valence-electron chi connectivity index (χ1n) is 9.57. The van der Waals surface area contributed by atoms with Gasteiger partial charge in [0.15, 0.2) is 5.96 Å². The standard InChI is InChI=1S/C18H36N4O2.HI/c1-3-19-17(20-9-4-16-5-10-22(2)11-6-16)21-14-18(7-12-23)8-13-24-15-18;/h16,23H,3-15H2,1-2H3,(H2,19,20,21);1H. The van der Waals surface area contributed by atoms with E-state index in [1.54, 1.807) is 0 Å². The SMILES string of the molecule is CCNC(=NCC1(CCO)CCOC1)NCCC1CCN(C)CC1.I. The maximum Gasteiger partial charge on any atom is 0.191 e. The van der Waals surface area contributed by atoms with Crippen LogP contribution in [0.25, 0.3) is 0 Å². The number of halogens is 1. The second-order valence-corrected chi connectivity index (χ2v) is 7.43. The van der Waals surface area contributed by atoms with Crippen molar-refractivity contribution in [2.45, 2.75) is 39.0 Å². The number of nitrogens with one attached hydrogen (secondary N) is 2. The zero-order valence-corrected chi connectivity index (χ0v) is 18.3. The molecule has 2 aliphatic heterocycles. The predicted octanol–water partition coefficient (Wildman–Crippen LogP) is 1.68. The lowest BCUT2D eigenvalue weighted by atomic mass is 9.84. The quantitative estimate of drug-likeness (QED) is 0.288. The van der Waals surface area contributed by atoms with Gasteiger partial charge in [-0.25, -0.2) is 0 Å². The lowest BCUT2D eigenvalue weighted by molar-refractivity contribution is 0.131. The second kappa shape index (κ2) is 12.3. The Morgan fingerprint density at radius 1 is 1.32 bits per heavy atom. The minimum atomic E-state index is 0. The zero-order chi connectivity index (χ0) is 17.3. The lowest BCUT2D eigenvalue weighted by Crippen LogP contribution is -2.40. The summed E-state index contributed by atoms with van der Waals surface area (Å²) >= 11 is 0. The molecule has 0 saturated carbocycles. The minimum absolute atomic E-state index is 0. The Bertz CT molecular complexity index is 381. The molecule has 0 aromatic carbocycles. The molecule has 2 heterocycles. The van der Waals surface area contributed by atoms with E-state index in [-0.39, 0.29) is 36.0 Å². The Kier molecular flexibility index (Phi) is 11.3. The Morgan fingerprint density at radius 3 is 2.68 bits per heavy atom. The fourth-order valence-electron chi connectivity index (χ4n) is 3.62. The molecule has 3 N–H and O–H groups in total. The van der Waals surface area contributed by atoms with Crippen LogP contribution in [0.5, 0.6) is 0 Å². The summed E-state index contributed by atoms with van der Waals surface area (Å²) in [5.41, 5.74) is 0.0189. The van der Waals surface area contributed by atoms with Crippen molar-refractivity contribution in [1.82, 2.24) is 15.5 Å². The third-order valence-corrected chi connectivity index (χ3v) is 5.43. The van der Waals surface area contributed by atoms with E-state index in [4.69, 9.17) is 9.73 Å². The Balaban J connectivity index is 0.00000312. The van der Waals surface area contributed by atoms with Gasteiger partial charge in [-0.1, -0.05) is 0 Å². The fraction of sp³-hybridized carbons (Fsp3) is 0.944. The number of likely N-dealkylation sites (tertiary alicyclic amines) is 1. The van der Waals surface area contributed by atoms with E-state index < -0.39 is 0 Å². The Morgan fingerprint density at radius 2 is 2.08 bits per heavy atom. The zero-order valence-electron chi connectivity index (χ0n) is 15.9. The van der Waals surface area contributed by atoms with E-state index in [9.17, 15) is 5.11 Å². The molecule has 2 fully saturated rings. The molecule has 0 spiro atoms. The normalized spacial score (nSPS) is 25.6. The van der Waals surface area contributed by atoms with E-state index in [1.165, 1.54) is 32.4 Å². The maximum absolute atomic E-state index is 9.33. The Labute approximate surface area is 170 Å². The van der Waals surface area contributed by atoms with Gasteiger partial charge in [0, 0.05) is 31.7 Å². The van der Waals surface area contributed by atoms with Gasteiger partial charge in [-0.3, -0.25) is 4.99 Å². The van der Waals surface area contributed by atoms with Crippen LogP contribution >= 0.6 is 24.0 Å². The number of aliphatic hydroxyl groups is 1. The van der Waals surface area contributed by atoms with E-state index in [0.29, 0.717) is 6.61 Å². The molecule has 0 aromatic rings. The van der Waals surface area contributed by atoms with E-state index in [2.05, 4.69) is 29.5 Å². The maximum atomic E-state index is 9.33. The molecule has 1 unspecified atom stereocenters. The van der Waals surface area contributed by atoms with Crippen molar-refractivity contribution in [2.24, 2.45) is 16.3 Å². The molecule has 2 aliphatic rings. The van der Waals surface area contributed by atoms with Crippen LogP contribution in [0.3, 0.4) is 0 Å². The molecule has 25 heavy (non-hydrogen) atoms. The molecule has 0 radical (unpaired) electrons. The first-order valence-corrected chi connectivity index (χ1v) is 9.57. The number of aliphatic imine (C=N–C) groups is 1. The smallest absolute Gasteiger partial charge is 0.191 e. The van der Waals surface area contributed by atoms with Gasteiger partial charge in [-0.05, 0) is 65.1 Å². The van der Waals surface area contributed by atoms with Crippen LogP contribution in [0.1, 0.15) is 39.0 Å². The minimum Gasteiger partial charge on any atom is -0.396 e. The van der Waals surface area contributed by atoms with Crippen molar-refractivity contribution >= 4 is 29.9 Å². The molecule has 148 valence electrons. The number of aliphatic hydroxyl groups excluding tert-OH is 1. The fourth-order valence-corrected chi connectivity index (χ4v) is 3.62. The largest absolute Gasteiger partial charge is 0.396 e. The van der Waals surface area contributed by atoms with Crippen LogP contribution in [0.4, 0.5) is 0 Å². The summed E-state index contributed by atoms with van der Waals surface area (Å²) in [6, 6.07) is 0. The Hall–Kier alpha value is -0.120. The molecule has 2 saturated heterocycles. The number of nitrogens with zero attached hydrogens (tertiary/aromatic N) is 2. The number of hydrogen-bond acceptors (Lipinski definition) is 4. The highest BCUT2D eigenvalue weighted by atomic mass is 127. The van der Waals surface area contributed by atoms with Crippen LogP contribution in [-0.4, -0.2) is 75.6 Å². The molecular weight excluding hydrogens is 431 g/mol. The van der Waals surface area contributed by atoms with Crippen molar-refractivity contribution in [2.75, 3.05) is 59.6 Å². The summed E-state index contributed by atoms with van der Waals surface area (Å²) in [4.78, 5) is 7.19. The van der Waals surface area contributed by atoms with Crippen molar-refractivity contribution in [1.29, 1.82) is 0 Å². The number of guanidine groups is 1. The van der Waals surface area contributed by atoms with Crippen molar-refractivity contribution in [3.05, 3.63) is 0 Å². The molecule has 0 bridgehead atoms. The number of piperidine rings is 1. The van der Waals surface area contributed by atoms with Crippen LogP contribution < -0.4 is 10.6 Å². The third kappa shape index (κ3) is 7.97. The van der Waals surface area contributed by atoms with Gasteiger partial charge in [0.1, 0.15) is 0 Å². The third-order valence-electron chi connectivity index (χ3n) is 5.43. The molecule has 6 nitrogen and oxygen atoms in total. The average molecular weight is 468 g/mol. The summed E-state index contributed by atoms with van der Waals surface area (Å²) in [6.07, 6.45) is 5.59. The molecule has 0 aliphatic carbocycles. The van der Waals surface area contributed by atoms with Gasteiger partial charge < -0.3 is 25.4 Å². The average Bonchev–Trinajstić information content (AvgIpc) is 3.04. The van der Waals surface area contributed by atoms with Crippen LogP contribution in [0.15, 0.2) is 4.99 Å². The molecular formula is C18H37IN4O2. The topological polar surface area (TPSA) is 69.1 Å². The molecule has 2 rings (SSSR count). The summed E-state index contributed by atoms with van der Waals surface area (Å²) in [5, 5.41) is 16.1. The van der Waals surface area contributed by atoms with Crippen LogP contribution in [0.2, 0.25) is 0 Å². The van der Waals surface area contributed by atoms with Gasteiger partial charge in [-0.2, -0.15) is 0 Å². The van der Waals surface area contributed by atoms with E-state index in [1.807, 2.05) is 0 Å². The van der Waals surface area contributed by atoms with E-state index in [0.717, 1.165) is 51.0 Å². The second-order valence-electron chi connectivity index (χ2n) is 7.43. The summed E-state index contributed by atoms with van der Waals surface area (Å²) in [5.74, 6) is 1.73. The summed E-state index contributed by atoms with van der Waals surface area (Å²) < 4.78 is 5.55. The highest BCUT2D eigenvalue weighted by Gasteiger charge is 2.34. The van der Waals surface area contributed by atoms with Crippen molar-refractivity contribution in [3.63, 3.8) is 0 Å². The summed E-state index contributed by atoms with van der Waals surface area (Å²) in [7, 11) is 2.21.